The fraction of sp³-hybridized carbons (Fsp3) is 0.714. The van der Waals surface area contributed by atoms with Gasteiger partial charge in [0, 0.05) is 13.1 Å². The fourth-order valence-electron chi connectivity index (χ4n) is 0.833. The first-order valence-corrected chi connectivity index (χ1v) is 3.95. The van der Waals surface area contributed by atoms with Gasteiger partial charge in [-0.3, -0.25) is 4.57 Å². The lowest BCUT2D eigenvalue weighted by atomic mass is 10.4. The summed E-state index contributed by atoms with van der Waals surface area (Å²) in [6.07, 6.45) is 0. The van der Waals surface area contributed by atoms with Crippen LogP contribution in [0.2, 0.25) is 0 Å². The number of aromatic amines is 1. The topological polar surface area (TPSA) is 62.7 Å². The lowest BCUT2D eigenvalue weighted by molar-refractivity contribution is 0.559. The van der Waals surface area contributed by atoms with E-state index in [-0.39, 0.29) is 5.69 Å². The third-order valence-electron chi connectivity index (χ3n) is 1.64. The summed E-state index contributed by atoms with van der Waals surface area (Å²) in [6, 6.07) is 0.400. The van der Waals surface area contributed by atoms with Crippen LogP contribution in [-0.4, -0.2) is 20.8 Å². The molecule has 0 aliphatic heterocycles. The van der Waals surface area contributed by atoms with E-state index in [1.165, 1.54) is 4.57 Å². The van der Waals surface area contributed by atoms with Gasteiger partial charge in [-0.05, 0) is 0 Å². The van der Waals surface area contributed by atoms with Crippen molar-refractivity contribution in [3.8, 4) is 0 Å². The Morgan fingerprint density at radius 2 is 2.33 bits per heavy atom. The van der Waals surface area contributed by atoms with Gasteiger partial charge in [-0.15, -0.1) is 0 Å². The highest BCUT2D eigenvalue weighted by Gasteiger charge is 2.03. The van der Waals surface area contributed by atoms with E-state index in [4.69, 9.17) is 0 Å². The molecule has 0 fully saturated rings. The molecule has 0 atom stereocenters. The van der Waals surface area contributed by atoms with E-state index < -0.39 is 0 Å². The molecular weight excluding hydrogens is 156 g/mol. The first kappa shape index (κ1) is 8.99. The number of H-pyrrole nitrogens is 1. The van der Waals surface area contributed by atoms with Crippen molar-refractivity contribution in [1.82, 2.24) is 20.1 Å². The highest BCUT2D eigenvalue weighted by Crippen LogP contribution is 1.87. The summed E-state index contributed by atoms with van der Waals surface area (Å²) in [5.41, 5.74) is -0.171. The Morgan fingerprint density at radius 3 is 2.75 bits per heavy atom. The van der Waals surface area contributed by atoms with Gasteiger partial charge < -0.3 is 5.32 Å². The van der Waals surface area contributed by atoms with Gasteiger partial charge in [0.25, 0.3) is 0 Å². The molecule has 5 nitrogen and oxygen atoms in total. The minimum absolute atomic E-state index is 0.171. The molecule has 0 bridgehead atoms. The molecule has 0 saturated heterocycles. The van der Waals surface area contributed by atoms with Gasteiger partial charge in [-0.2, -0.15) is 5.10 Å². The smallest absolute Gasteiger partial charge is 0.308 e. The number of nitrogens with one attached hydrogen (secondary N) is 2. The molecule has 1 rings (SSSR count). The Bertz CT molecular complexity index is 299. The van der Waals surface area contributed by atoms with Crippen LogP contribution in [0.3, 0.4) is 0 Å². The lowest BCUT2D eigenvalue weighted by Gasteiger charge is -2.05. The van der Waals surface area contributed by atoms with Crippen LogP contribution >= 0.6 is 0 Å². The van der Waals surface area contributed by atoms with Crippen molar-refractivity contribution in [2.45, 2.75) is 26.4 Å². The second-order valence-electron chi connectivity index (χ2n) is 3.04. The zero-order chi connectivity index (χ0) is 9.14. The van der Waals surface area contributed by atoms with Gasteiger partial charge in [-0.25, -0.2) is 9.89 Å². The predicted molar refractivity (Wildman–Crippen MR) is 45.8 cm³/mol. The standard InChI is InChI=1S/C7H14N4O/c1-5(2)8-4-6-9-10-7(12)11(6)3/h5,8H,4H2,1-3H3,(H,10,12). The van der Waals surface area contributed by atoms with E-state index in [9.17, 15) is 4.79 Å². The summed E-state index contributed by atoms with van der Waals surface area (Å²) in [5, 5.41) is 9.40. The summed E-state index contributed by atoms with van der Waals surface area (Å²) in [6.45, 7) is 4.71. The molecule has 1 heterocycles. The van der Waals surface area contributed by atoms with E-state index in [1.807, 2.05) is 13.8 Å². The van der Waals surface area contributed by atoms with E-state index in [0.29, 0.717) is 12.6 Å². The molecule has 0 unspecified atom stereocenters. The van der Waals surface area contributed by atoms with Crippen LogP contribution in [0.5, 0.6) is 0 Å². The molecule has 0 radical (unpaired) electrons. The molecule has 0 aromatic carbocycles. The second kappa shape index (κ2) is 3.53. The Hall–Kier alpha value is -1.10. The van der Waals surface area contributed by atoms with E-state index in [0.717, 1.165) is 5.82 Å². The van der Waals surface area contributed by atoms with Crippen molar-refractivity contribution in [3.63, 3.8) is 0 Å². The van der Waals surface area contributed by atoms with Crippen LogP contribution in [-0.2, 0) is 13.6 Å². The Labute approximate surface area is 70.8 Å². The molecule has 0 spiro atoms. The fourth-order valence-corrected chi connectivity index (χ4v) is 0.833. The number of hydrogen-bond acceptors (Lipinski definition) is 3. The molecule has 0 amide bonds. The SMILES string of the molecule is CC(C)NCc1n[nH]c(=O)n1C. The molecule has 2 N–H and O–H groups in total. The average Bonchev–Trinajstić information content (AvgIpc) is 2.30. The number of rotatable bonds is 3. The van der Waals surface area contributed by atoms with E-state index in [2.05, 4.69) is 15.5 Å². The van der Waals surface area contributed by atoms with Crippen molar-refractivity contribution < 1.29 is 0 Å². The molecule has 0 aliphatic carbocycles. The van der Waals surface area contributed by atoms with Crippen LogP contribution in [0.25, 0.3) is 0 Å². The molecular formula is C7H14N4O. The normalized spacial score (nSPS) is 11.0. The Balaban J connectivity index is 2.64. The van der Waals surface area contributed by atoms with Crippen molar-refractivity contribution in [3.05, 3.63) is 16.3 Å². The van der Waals surface area contributed by atoms with Gasteiger partial charge >= 0.3 is 5.69 Å². The third-order valence-corrected chi connectivity index (χ3v) is 1.64. The molecule has 1 aromatic heterocycles. The molecule has 5 heteroatoms. The monoisotopic (exact) mass is 170 g/mol. The maximum Gasteiger partial charge on any atom is 0.343 e. The zero-order valence-corrected chi connectivity index (χ0v) is 7.59. The second-order valence-corrected chi connectivity index (χ2v) is 3.04. The van der Waals surface area contributed by atoms with Gasteiger partial charge in [0.05, 0.1) is 6.54 Å². The number of aromatic nitrogens is 3. The van der Waals surface area contributed by atoms with Gasteiger partial charge in [0.15, 0.2) is 0 Å². The van der Waals surface area contributed by atoms with Gasteiger partial charge in [-0.1, -0.05) is 13.8 Å². The molecule has 0 aliphatic rings. The zero-order valence-electron chi connectivity index (χ0n) is 7.59. The lowest BCUT2D eigenvalue weighted by Crippen LogP contribution is -2.25. The average molecular weight is 170 g/mol. The van der Waals surface area contributed by atoms with Crippen molar-refractivity contribution >= 4 is 0 Å². The summed E-state index contributed by atoms with van der Waals surface area (Å²) in [7, 11) is 1.70. The first-order chi connectivity index (χ1) is 5.61. The summed E-state index contributed by atoms with van der Waals surface area (Å²) >= 11 is 0. The number of hydrogen-bond donors (Lipinski definition) is 2. The minimum Gasteiger partial charge on any atom is -0.308 e. The maximum atomic E-state index is 10.9. The summed E-state index contributed by atoms with van der Waals surface area (Å²) in [4.78, 5) is 10.9. The summed E-state index contributed by atoms with van der Waals surface area (Å²) < 4.78 is 1.50. The first-order valence-electron chi connectivity index (χ1n) is 3.95. The quantitative estimate of drug-likeness (QED) is 0.649. The van der Waals surface area contributed by atoms with Gasteiger partial charge in [0.1, 0.15) is 5.82 Å². The Morgan fingerprint density at radius 1 is 1.67 bits per heavy atom. The van der Waals surface area contributed by atoms with Crippen LogP contribution in [0, 0.1) is 0 Å². The molecule has 68 valence electrons. The molecule has 1 aromatic rings. The third kappa shape index (κ3) is 1.94. The summed E-state index contributed by atoms with van der Waals surface area (Å²) in [5.74, 6) is 0.730. The maximum absolute atomic E-state index is 10.9. The minimum atomic E-state index is -0.171. The predicted octanol–water partition coefficient (Wildman–Crippen LogP) is -0.394. The highest BCUT2D eigenvalue weighted by molar-refractivity contribution is 4.84. The van der Waals surface area contributed by atoms with Gasteiger partial charge in [0.2, 0.25) is 0 Å². The number of nitrogens with zero attached hydrogens (tertiary/aromatic N) is 2. The van der Waals surface area contributed by atoms with E-state index >= 15 is 0 Å². The van der Waals surface area contributed by atoms with Crippen LogP contribution < -0.4 is 11.0 Å². The highest BCUT2D eigenvalue weighted by atomic mass is 16.1. The van der Waals surface area contributed by atoms with Crippen molar-refractivity contribution in [2.75, 3.05) is 0 Å². The van der Waals surface area contributed by atoms with E-state index in [1.54, 1.807) is 7.05 Å². The van der Waals surface area contributed by atoms with Crippen LogP contribution in [0.1, 0.15) is 19.7 Å². The van der Waals surface area contributed by atoms with Crippen LogP contribution in [0.4, 0.5) is 0 Å². The molecule has 0 saturated carbocycles. The Kier molecular flexibility index (Phi) is 2.65. The van der Waals surface area contributed by atoms with Crippen molar-refractivity contribution in [2.24, 2.45) is 7.05 Å². The molecule has 12 heavy (non-hydrogen) atoms. The van der Waals surface area contributed by atoms with Crippen LogP contribution in [0.15, 0.2) is 4.79 Å². The largest absolute Gasteiger partial charge is 0.343 e. The van der Waals surface area contributed by atoms with Crippen molar-refractivity contribution in [1.29, 1.82) is 0 Å².